The normalized spacial score (nSPS) is 21.0. The monoisotopic (exact) mass is 299 g/mol. The van der Waals surface area contributed by atoms with Crippen LogP contribution in [0.15, 0.2) is 0 Å². The van der Waals surface area contributed by atoms with Crippen LogP contribution in [0.5, 0.6) is 0 Å². The molecule has 116 valence electrons. The molecule has 0 aliphatic heterocycles. The fourth-order valence-corrected chi connectivity index (χ4v) is 3.25. The van der Waals surface area contributed by atoms with Gasteiger partial charge in [-0.05, 0) is 25.7 Å². The molecule has 2 rings (SSSR count). The largest absolute Gasteiger partial charge is 0.341 e. The minimum atomic E-state index is -0.0414. The summed E-state index contributed by atoms with van der Waals surface area (Å²) in [5.74, 6) is 0.975. The molecule has 0 saturated heterocycles. The Balaban J connectivity index is 2.17. The van der Waals surface area contributed by atoms with E-state index in [2.05, 4.69) is 11.9 Å². The molecule has 0 unspecified atom stereocenters. The number of aryl methyl sites for hydroxylation is 1. The van der Waals surface area contributed by atoms with Crippen LogP contribution in [0.2, 0.25) is 0 Å². The molecule has 0 bridgehead atoms. The molecule has 1 aromatic rings. The number of nitriles is 2. The first kappa shape index (κ1) is 16.0. The van der Waals surface area contributed by atoms with Crippen molar-refractivity contribution >= 4 is 5.91 Å². The summed E-state index contributed by atoms with van der Waals surface area (Å²) in [5, 5.41) is 18.2. The van der Waals surface area contributed by atoms with E-state index in [1.165, 1.54) is 11.0 Å². The summed E-state index contributed by atoms with van der Waals surface area (Å²) in [5.41, 5.74) is 0.250. The molecule has 2 atom stereocenters. The Morgan fingerprint density at radius 3 is 2.64 bits per heavy atom. The van der Waals surface area contributed by atoms with Gasteiger partial charge in [-0.1, -0.05) is 19.8 Å². The van der Waals surface area contributed by atoms with Crippen LogP contribution in [0.1, 0.15) is 49.8 Å². The molecule has 6 nitrogen and oxygen atoms in total. The van der Waals surface area contributed by atoms with Gasteiger partial charge in [-0.2, -0.15) is 10.5 Å². The number of amides is 1. The van der Waals surface area contributed by atoms with E-state index in [0.717, 1.165) is 19.3 Å². The maximum atomic E-state index is 12.6. The second-order valence-electron chi connectivity index (χ2n) is 6.00. The Morgan fingerprint density at radius 1 is 1.36 bits per heavy atom. The third-order valence-electron chi connectivity index (χ3n) is 4.62. The van der Waals surface area contributed by atoms with Crippen molar-refractivity contribution in [2.45, 2.75) is 52.1 Å². The van der Waals surface area contributed by atoms with E-state index in [-0.39, 0.29) is 29.9 Å². The second kappa shape index (κ2) is 6.62. The predicted octanol–water partition coefficient (Wildman–Crippen LogP) is 1.97. The Labute approximate surface area is 131 Å². The first-order valence-corrected chi connectivity index (χ1v) is 7.62. The van der Waals surface area contributed by atoms with Crippen LogP contribution >= 0.6 is 0 Å². The summed E-state index contributed by atoms with van der Waals surface area (Å²) in [6, 6.07) is 4.13. The van der Waals surface area contributed by atoms with Gasteiger partial charge < -0.3 is 9.47 Å². The Hall–Kier alpha value is -2.34. The molecular weight excluding hydrogens is 278 g/mol. The van der Waals surface area contributed by atoms with Crippen LogP contribution < -0.4 is 0 Å². The molecule has 1 saturated carbocycles. The van der Waals surface area contributed by atoms with Gasteiger partial charge in [0.2, 0.25) is 5.91 Å². The van der Waals surface area contributed by atoms with Crippen molar-refractivity contribution in [3.63, 3.8) is 0 Å². The summed E-state index contributed by atoms with van der Waals surface area (Å²) < 4.78 is 1.53. The van der Waals surface area contributed by atoms with Crippen molar-refractivity contribution in [2.75, 3.05) is 7.05 Å². The van der Waals surface area contributed by atoms with Crippen molar-refractivity contribution in [2.24, 2.45) is 5.92 Å². The SMILES string of the molecule is Cc1nc(C#N)c(C#N)n1CC(=O)N(C)[C@@H]1CCCC[C@H]1C. The molecule has 6 heteroatoms. The number of carbonyl (C=O) groups excluding carboxylic acids is 1. The molecule has 0 radical (unpaired) electrons. The average Bonchev–Trinajstić information content (AvgIpc) is 2.82. The van der Waals surface area contributed by atoms with E-state index < -0.39 is 0 Å². The highest BCUT2D eigenvalue weighted by molar-refractivity contribution is 5.76. The molecule has 1 aliphatic rings. The summed E-state index contributed by atoms with van der Waals surface area (Å²) >= 11 is 0. The number of nitrogens with zero attached hydrogens (tertiary/aromatic N) is 5. The number of carbonyl (C=O) groups is 1. The zero-order valence-corrected chi connectivity index (χ0v) is 13.3. The van der Waals surface area contributed by atoms with E-state index >= 15 is 0 Å². The lowest BCUT2D eigenvalue weighted by atomic mass is 9.85. The molecule has 1 amide bonds. The molecule has 1 aromatic heterocycles. The Bertz CT molecular complexity index is 649. The first-order valence-electron chi connectivity index (χ1n) is 7.62. The highest BCUT2D eigenvalue weighted by Gasteiger charge is 2.28. The highest BCUT2D eigenvalue weighted by Crippen LogP contribution is 2.27. The van der Waals surface area contributed by atoms with Crippen molar-refractivity contribution in [1.29, 1.82) is 10.5 Å². The fourth-order valence-electron chi connectivity index (χ4n) is 3.25. The zero-order chi connectivity index (χ0) is 16.3. The maximum Gasteiger partial charge on any atom is 0.242 e. The zero-order valence-electron chi connectivity index (χ0n) is 13.3. The molecule has 0 aromatic carbocycles. The van der Waals surface area contributed by atoms with E-state index in [1.54, 1.807) is 11.8 Å². The van der Waals surface area contributed by atoms with Gasteiger partial charge in [0.15, 0.2) is 11.4 Å². The molecule has 0 N–H and O–H groups in total. The van der Waals surface area contributed by atoms with Crippen molar-refractivity contribution in [3.8, 4) is 12.1 Å². The minimum Gasteiger partial charge on any atom is -0.341 e. The van der Waals surface area contributed by atoms with Gasteiger partial charge in [0.1, 0.15) is 24.5 Å². The van der Waals surface area contributed by atoms with Gasteiger partial charge in [-0.15, -0.1) is 0 Å². The van der Waals surface area contributed by atoms with Crippen LogP contribution in [0.4, 0.5) is 0 Å². The second-order valence-corrected chi connectivity index (χ2v) is 6.00. The Morgan fingerprint density at radius 2 is 2.05 bits per heavy atom. The van der Waals surface area contributed by atoms with E-state index in [0.29, 0.717) is 11.7 Å². The molecule has 22 heavy (non-hydrogen) atoms. The highest BCUT2D eigenvalue weighted by atomic mass is 16.2. The average molecular weight is 299 g/mol. The third kappa shape index (κ3) is 2.96. The van der Waals surface area contributed by atoms with Crippen LogP contribution in [0.25, 0.3) is 0 Å². The lowest BCUT2D eigenvalue weighted by molar-refractivity contribution is -0.134. The summed E-state index contributed by atoms with van der Waals surface area (Å²) in [4.78, 5) is 18.4. The summed E-state index contributed by atoms with van der Waals surface area (Å²) in [7, 11) is 1.83. The number of likely N-dealkylation sites (N-methyl/N-ethyl adjacent to an activating group) is 1. The first-order chi connectivity index (χ1) is 10.5. The van der Waals surface area contributed by atoms with Crippen LogP contribution in [-0.2, 0) is 11.3 Å². The number of imidazole rings is 1. The summed E-state index contributed by atoms with van der Waals surface area (Å²) in [6.45, 7) is 3.95. The summed E-state index contributed by atoms with van der Waals surface area (Å²) in [6.07, 6.45) is 4.55. The van der Waals surface area contributed by atoms with Gasteiger partial charge in [-0.25, -0.2) is 4.98 Å². The predicted molar refractivity (Wildman–Crippen MR) is 80.6 cm³/mol. The van der Waals surface area contributed by atoms with Crippen molar-refractivity contribution in [1.82, 2.24) is 14.5 Å². The molecule has 1 heterocycles. The van der Waals surface area contributed by atoms with Gasteiger partial charge in [0, 0.05) is 13.1 Å². The minimum absolute atomic E-state index is 0.0414. The molecule has 0 spiro atoms. The van der Waals surface area contributed by atoms with Crippen molar-refractivity contribution in [3.05, 3.63) is 17.2 Å². The van der Waals surface area contributed by atoms with E-state index in [1.807, 2.05) is 19.2 Å². The lowest BCUT2D eigenvalue weighted by Gasteiger charge is -2.36. The number of aromatic nitrogens is 2. The van der Waals surface area contributed by atoms with Gasteiger partial charge >= 0.3 is 0 Å². The number of hydrogen-bond acceptors (Lipinski definition) is 4. The van der Waals surface area contributed by atoms with Gasteiger partial charge in [0.25, 0.3) is 0 Å². The van der Waals surface area contributed by atoms with Crippen LogP contribution in [-0.4, -0.2) is 33.4 Å². The maximum absolute atomic E-state index is 12.6. The molecule has 1 aliphatic carbocycles. The van der Waals surface area contributed by atoms with Crippen LogP contribution in [0, 0.1) is 35.5 Å². The molecular formula is C16H21N5O. The van der Waals surface area contributed by atoms with E-state index in [4.69, 9.17) is 5.26 Å². The lowest BCUT2D eigenvalue weighted by Crippen LogP contribution is -2.44. The third-order valence-corrected chi connectivity index (χ3v) is 4.62. The standard InChI is InChI=1S/C16H21N5O/c1-11-6-4-5-7-14(11)20(3)16(22)10-21-12(2)19-13(8-17)15(21)9-18/h11,14H,4-7,10H2,1-3H3/t11-,14-/m1/s1. The van der Waals surface area contributed by atoms with Crippen molar-refractivity contribution < 1.29 is 4.79 Å². The van der Waals surface area contributed by atoms with E-state index in [9.17, 15) is 10.1 Å². The number of rotatable bonds is 3. The molecule has 1 fully saturated rings. The van der Waals surface area contributed by atoms with Crippen LogP contribution in [0.3, 0.4) is 0 Å². The van der Waals surface area contributed by atoms with Gasteiger partial charge in [-0.3, -0.25) is 4.79 Å². The number of hydrogen-bond donors (Lipinski definition) is 0. The van der Waals surface area contributed by atoms with Gasteiger partial charge in [0.05, 0.1) is 0 Å². The fraction of sp³-hybridized carbons (Fsp3) is 0.625. The quantitative estimate of drug-likeness (QED) is 0.854. The Kier molecular flexibility index (Phi) is 4.82. The topological polar surface area (TPSA) is 85.7 Å². The smallest absolute Gasteiger partial charge is 0.242 e.